The molecule has 0 amide bonds. The molecule has 1 N–H and O–H groups in total. The molecule has 0 radical (unpaired) electrons. The summed E-state index contributed by atoms with van der Waals surface area (Å²) in [6.07, 6.45) is 4.93. The largest absolute Gasteiger partial charge is 0.468 e. The Balaban J connectivity index is 1.86. The van der Waals surface area contributed by atoms with E-state index in [9.17, 15) is 0 Å². The zero-order valence-corrected chi connectivity index (χ0v) is 10.4. The number of hydrogen-bond donors (Lipinski definition) is 1. The van der Waals surface area contributed by atoms with Crippen LogP contribution in [-0.4, -0.2) is 9.78 Å². The normalized spacial score (nSPS) is 10.9. The Morgan fingerprint density at radius 3 is 3.00 bits per heavy atom. The van der Waals surface area contributed by atoms with E-state index >= 15 is 0 Å². The van der Waals surface area contributed by atoms with Gasteiger partial charge in [-0.1, -0.05) is 6.92 Å². The third kappa shape index (κ3) is 3.20. The van der Waals surface area contributed by atoms with Gasteiger partial charge in [-0.15, -0.1) is 0 Å². The molecule has 0 unspecified atom stereocenters. The van der Waals surface area contributed by atoms with E-state index in [2.05, 4.69) is 30.5 Å². The molecule has 0 aromatic carbocycles. The van der Waals surface area contributed by atoms with Gasteiger partial charge in [0.1, 0.15) is 5.76 Å². The van der Waals surface area contributed by atoms with Gasteiger partial charge in [-0.2, -0.15) is 5.10 Å². The molecule has 2 aromatic heterocycles. The minimum Gasteiger partial charge on any atom is -0.468 e. The molecule has 0 fully saturated rings. The zero-order valence-electron chi connectivity index (χ0n) is 10.4. The van der Waals surface area contributed by atoms with Crippen LogP contribution in [-0.2, 0) is 19.6 Å². The Morgan fingerprint density at radius 1 is 1.41 bits per heavy atom. The Hall–Kier alpha value is -1.55. The van der Waals surface area contributed by atoms with Crippen LogP contribution in [0.15, 0.2) is 29.0 Å². The summed E-state index contributed by atoms with van der Waals surface area (Å²) < 4.78 is 7.28. The van der Waals surface area contributed by atoms with Gasteiger partial charge in [-0.3, -0.25) is 4.68 Å². The van der Waals surface area contributed by atoms with Gasteiger partial charge in [0.25, 0.3) is 0 Å². The van der Waals surface area contributed by atoms with Crippen molar-refractivity contribution in [2.75, 3.05) is 0 Å². The van der Waals surface area contributed by atoms with E-state index < -0.39 is 0 Å². The van der Waals surface area contributed by atoms with Crippen LogP contribution in [0, 0.1) is 6.92 Å². The quantitative estimate of drug-likeness (QED) is 0.833. The fraction of sp³-hybridized carbons (Fsp3) is 0.462. The number of nitrogens with zero attached hydrogens (tertiary/aromatic N) is 2. The Bertz CT molecular complexity index is 445. The van der Waals surface area contributed by atoms with Crippen molar-refractivity contribution in [2.45, 2.75) is 39.9 Å². The highest BCUT2D eigenvalue weighted by Gasteiger charge is 2.04. The summed E-state index contributed by atoms with van der Waals surface area (Å²) in [6, 6.07) is 3.88. The highest BCUT2D eigenvalue weighted by atomic mass is 16.3. The third-order valence-corrected chi connectivity index (χ3v) is 2.70. The fourth-order valence-electron chi connectivity index (χ4n) is 1.81. The molecule has 92 valence electrons. The molecule has 4 heteroatoms. The SMILES string of the molecule is CCCn1cc(CNCc2ccco2)c(C)n1. The molecule has 2 heterocycles. The first-order valence-corrected chi connectivity index (χ1v) is 6.05. The smallest absolute Gasteiger partial charge is 0.117 e. The standard InChI is InChI=1S/C13H19N3O/c1-3-6-16-10-12(11(2)15-16)8-14-9-13-5-4-7-17-13/h4-5,7,10,14H,3,6,8-9H2,1-2H3. The molecule has 2 rings (SSSR count). The molecule has 0 atom stereocenters. The van der Waals surface area contributed by atoms with Gasteiger partial charge in [0, 0.05) is 24.8 Å². The van der Waals surface area contributed by atoms with Crippen molar-refractivity contribution in [2.24, 2.45) is 0 Å². The van der Waals surface area contributed by atoms with Crippen molar-refractivity contribution >= 4 is 0 Å². The van der Waals surface area contributed by atoms with Crippen LogP contribution in [0.2, 0.25) is 0 Å². The van der Waals surface area contributed by atoms with E-state index in [-0.39, 0.29) is 0 Å². The number of furan rings is 1. The zero-order chi connectivity index (χ0) is 12.1. The first-order valence-electron chi connectivity index (χ1n) is 6.05. The van der Waals surface area contributed by atoms with E-state index in [4.69, 9.17) is 4.42 Å². The summed E-state index contributed by atoms with van der Waals surface area (Å²) in [5, 5.41) is 7.82. The highest BCUT2D eigenvalue weighted by Crippen LogP contribution is 2.06. The van der Waals surface area contributed by atoms with E-state index in [1.807, 2.05) is 16.8 Å². The fourth-order valence-corrected chi connectivity index (χ4v) is 1.81. The van der Waals surface area contributed by atoms with E-state index in [1.165, 1.54) is 5.56 Å². The van der Waals surface area contributed by atoms with E-state index in [0.717, 1.165) is 37.5 Å². The van der Waals surface area contributed by atoms with E-state index in [1.54, 1.807) is 6.26 Å². The van der Waals surface area contributed by atoms with Crippen LogP contribution in [0.1, 0.15) is 30.4 Å². The van der Waals surface area contributed by atoms with Crippen LogP contribution >= 0.6 is 0 Å². The van der Waals surface area contributed by atoms with Gasteiger partial charge in [-0.25, -0.2) is 0 Å². The van der Waals surface area contributed by atoms with Gasteiger partial charge in [0.15, 0.2) is 0 Å². The van der Waals surface area contributed by atoms with Gasteiger partial charge < -0.3 is 9.73 Å². The van der Waals surface area contributed by atoms with Crippen molar-refractivity contribution in [3.05, 3.63) is 41.6 Å². The van der Waals surface area contributed by atoms with E-state index in [0.29, 0.717) is 0 Å². The van der Waals surface area contributed by atoms with Gasteiger partial charge in [-0.05, 0) is 25.5 Å². The summed E-state index contributed by atoms with van der Waals surface area (Å²) in [4.78, 5) is 0. The van der Waals surface area contributed by atoms with Gasteiger partial charge in [0.2, 0.25) is 0 Å². The summed E-state index contributed by atoms with van der Waals surface area (Å²) >= 11 is 0. The molecule has 17 heavy (non-hydrogen) atoms. The first-order chi connectivity index (χ1) is 8.29. The van der Waals surface area contributed by atoms with Crippen LogP contribution in [0.25, 0.3) is 0 Å². The summed E-state index contributed by atoms with van der Waals surface area (Å²) in [7, 11) is 0. The van der Waals surface area contributed by atoms with Crippen molar-refractivity contribution in [3.63, 3.8) is 0 Å². The average molecular weight is 233 g/mol. The topological polar surface area (TPSA) is 43.0 Å². The number of aromatic nitrogens is 2. The predicted octanol–water partition coefficient (Wildman–Crippen LogP) is 2.48. The lowest BCUT2D eigenvalue weighted by Gasteiger charge is -2.00. The van der Waals surface area contributed by atoms with Gasteiger partial charge >= 0.3 is 0 Å². The van der Waals surface area contributed by atoms with Crippen molar-refractivity contribution in [1.29, 1.82) is 0 Å². The lowest BCUT2D eigenvalue weighted by molar-refractivity contribution is 0.482. The number of hydrogen-bond acceptors (Lipinski definition) is 3. The maximum atomic E-state index is 5.26. The molecule has 2 aromatic rings. The molecule has 0 saturated carbocycles. The molecular formula is C13H19N3O. The number of nitrogens with one attached hydrogen (secondary N) is 1. The number of rotatable bonds is 6. The van der Waals surface area contributed by atoms with Crippen molar-refractivity contribution in [1.82, 2.24) is 15.1 Å². The van der Waals surface area contributed by atoms with Crippen LogP contribution in [0.5, 0.6) is 0 Å². The lowest BCUT2D eigenvalue weighted by atomic mass is 10.2. The molecule has 0 spiro atoms. The third-order valence-electron chi connectivity index (χ3n) is 2.70. The molecule has 0 saturated heterocycles. The molecule has 0 aliphatic rings. The first kappa shape index (κ1) is 11.9. The van der Waals surface area contributed by atoms with Crippen molar-refractivity contribution < 1.29 is 4.42 Å². The lowest BCUT2D eigenvalue weighted by Crippen LogP contribution is -2.12. The second kappa shape index (κ2) is 5.68. The monoisotopic (exact) mass is 233 g/mol. The number of aryl methyl sites for hydroxylation is 2. The summed E-state index contributed by atoms with van der Waals surface area (Å²) in [5.41, 5.74) is 2.36. The van der Waals surface area contributed by atoms with Crippen LogP contribution in [0.4, 0.5) is 0 Å². The molecule has 4 nitrogen and oxygen atoms in total. The second-order valence-electron chi connectivity index (χ2n) is 4.19. The highest BCUT2D eigenvalue weighted by molar-refractivity contribution is 5.15. The molecule has 0 bridgehead atoms. The molecule has 0 aliphatic heterocycles. The minimum absolute atomic E-state index is 0.755. The Labute approximate surface area is 102 Å². The predicted molar refractivity (Wildman–Crippen MR) is 66.5 cm³/mol. The molecular weight excluding hydrogens is 214 g/mol. The van der Waals surface area contributed by atoms with Crippen LogP contribution in [0.3, 0.4) is 0 Å². The second-order valence-corrected chi connectivity index (χ2v) is 4.19. The van der Waals surface area contributed by atoms with Crippen LogP contribution < -0.4 is 5.32 Å². The minimum atomic E-state index is 0.755. The maximum Gasteiger partial charge on any atom is 0.117 e. The van der Waals surface area contributed by atoms with Gasteiger partial charge in [0.05, 0.1) is 18.5 Å². The summed E-state index contributed by atoms with van der Waals surface area (Å²) in [5.74, 6) is 0.962. The Morgan fingerprint density at radius 2 is 2.29 bits per heavy atom. The Kier molecular flexibility index (Phi) is 3.98. The molecule has 0 aliphatic carbocycles. The average Bonchev–Trinajstić information content (AvgIpc) is 2.90. The summed E-state index contributed by atoms with van der Waals surface area (Å²) in [6.45, 7) is 6.78. The maximum absolute atomic E-state index is 5.26. The van der Waals surface area contributed by atoms with Crippen molar-refractivity contribution in [3.8, 4) is 0 Å².